The van der Waals surface area contributed by atoms with Crippen LogP contribution in [0.4, 0.5) is 5.69 Å². The van der Waals surface area contributed by atoms with Crippen molar-refractivity contribution in [2.45, 2.75) is 20.0 Å². The van der Waals surface area contributed by atoms with Gasteiger partial charge in [0.25, 0.3) is 11.8 Å². The molecule has 150 valence electrons. The lowest BCUT2D eigenvalue weighted by atomic mass is 10.1. The summed E-state index contributed by atoms with van der Waals surface area (Å²) < 4.78 is 12.0. The van der Waals surface area contributed by atoms with Crippen LogP contribution in [0.2, 0.25) is 0 Å². The van der Waals surface area contributed by atoms with Crippen LogP contribution >= 0.6 is 28.1 Å². The maximum atomic E-state index is 13.2. The molecule has 0 radical (unpaired) electrons. The van der Waals surface area contributed by atoms with E-state index in [0.29, 0.717) is 22.7 Å². The molecule has 1 fully saturated rings. The summed E-state index contributed by atoms with van der Waals surface area (Å²) in [6.07, 6.45) is 1.37. The summed E-state index contributed by atoms with van der Waals surface area (Å²) in [6, 6.07) is 12.4. The van der Waals surface area contributed by atoms with E-state index in [1.807, 2.05) is 19.9 Å². The molecule has 0 spiro atoms. The summed E-state index contributed by atoms with van der Waals surface area (Å²) in [5, 5.41) is 2.61. The van der Waals surface area contributed by atoms with Crippen LogP contribution < -0.4 is 19.7 Å². The van der Waals surface area contributed by atoms with E-state index < -0.39 is 11.8 Å². The Morgan fingerprint density at radius 3 is 2.55 bits per heavy atom. The van der Waals surface area contributed by atoms with Crippen molar-refractivity contribution in [2.24, 2.45) is 0 Å². The Morgan fingerprint density at radius 1 is 1.17 bits per heavy atom. The van der Waals surface area contributed by atoms with Gasteiger partial charge in [-0.25, -0.2) is 0 Å². The first-order chi connectivity index (χ1) is 13.8. The van der Waals surface area contributed by atoms with E-state index in [1.54, 1.807) is 36.4 Å². The summed E-state index contributed by atoms with van der Waals surface area (Å²) in [7, 11) is 1.53. The molecule has 2 aromatic carbocycles. The number of anilines is 1. The number of hydrogen-bond donors (Lipinski definition) is 1. The van der Waals surface area contributed by atoms with Gasteiger partial charge in [-0.2, -0.15) is 0 Å². The van der Waals surface area contributed by atoms with Crippen LogP contribution in [0.1, 0.15) is 19.4 Å². The Balaban J connectivity index is 2.08. The average Bonchev–Trinajstić information content (AvgIpc) is 2.65. The van der Waals surface area contributed by atoms with Gasteiger partial charge in [-0.05, 0) is 56.4 Å². The van der Waals surface area contributed by atoms with Crippen LogP contribution in [-0.2, 0) is 9.59 Å². The molecule has 0 aliphatic carbocycles. The SMILES string of the molecule is COc1cccc(/C=C2\C(=O)NC(=S)N(c3cccc(Br)c3)C2=O)c1OC(C)C. The minimum Gasteiger partial charge on any atom is -0.493 e. The third kappa shape index (κ3) is 4.49. The average molecular weight is 475 g/mol. The highest BCUT2D eigenvalue weighted by Gasteiger charge is 2.34. The highest BCUT2D eigenvalue weighted by Crippen LogP contribution is 2.34. The zero-order chi connectivity index (χ0) is 21.1. The smallest absolute Gasteiger partial charge is 0.270 e. The Kier molecular flexibility index (Phi) is 6.34. The van der Waals surface area contributed by atoms with Crippen LogP contribution in [0.3, 0.4) is 0 Å². The third-order valence-corrected chi connectivity index (χ3v) is 4.83. The molecule has 6 nitrogen and oxygen atoms in total. The van der Waals surface area contributed by atoms with Crippen molar-refractivity contribution in [2.75, 3.05) is 12.0 Å². The number of carbonyl (C=O) groups excluding carboxylic acids is 2. The van der Waals surface area contributed by atoms with Gasteiger partial charge in [-0.1, -0.05) is 34.1 Å². The predicted octanol–water partition coefficient (Wildman–Crippen LogP) is 4.08. The van der Waals surface area contributed by atoms with E-state index >= 15 is 0 Å². The lowest BCUT2D eigenvalue weighted by Gasteiger charge is -2.29. The van der Waals surface area contributed by atoms with E-state index in [9.17, 15) is 9.59 Å². The predicted molar refractivity (Wildman–Crippen MR) is 119 cm³/mol. The Morgan fingerprint density at radius 2 is 1.90 bits per heavy atom. The Labute approximate surface area is 182 Å². The molecule has 0 unspecified atom stereocenters. The summed E-state index contributed by atoms with van der Waals surface area (Å²) in [4.78, 5) is 27.0. The fourth-order valence-electron chi connectivity index (χ4n) is 2.83. The number of amides is 2. The van der Waals surface area contributed by atoms with Gasteiger partial charge in [0, 0.05) is 10.0 Å². The third-order valence-electron chi connectivity index (χ3n) is 4.05. The highest BCUT2D eigenvalue weighted by molar-refractivity contribution is 9.10. The quantitative estimate of drug-likeness (QED) is 0.401. The van der Waals surface area contributed by atoms with Crippen molar-refractivity contribution < 1.29 is 19.1 Å². The van der Waals surface area contributed by atoms with Crippen molar-refractivity contribution >= 4 is 56.8 Å². The number of thiocarbonyl (C=S) groups is 1. The number of nitrogens with zero attached hydrogens (tertiary/aromatic N) is 1. The number of para-hydroxylation sites is 1. The molecule has 1 N–H and O–H groups in total. The van der Waals surface area contributed by atoms with Gasteiger partial charge in [0.15, 0.2) is 16.6 Å². The topological polar surface area (TPSA) is 67.9 Å². The van der Waals surface area contributed by atoms with Crippen molar-refractivity contribution in [3.63, 3.8) is 0 Å². The van der Waals surface area contributed by atoms with Gasteiger partial charge < -0.3 is 9.47 Å². The van der Waals surface area contributed by atoms with E-state index in [1.165, 1.54) is 18.1 Å². The highest BCUT2D eigenvalue weighted by atomic mass is 79.9. The number of rotatable bonds is 5. The van der Waals surface area contributed by atoms with Crippen molar-refractivity contribution in [3.8, 4) is 11.5 Å². The van der Waals surface area contributed by atoms with Gasteiger partial charge in [0.05, 0.1) is 18.9 Å². The molecular formula is C21H19BrN2O4S. The minimum atomic E-state index is -0.565. The summed E-state index contributed by atoms with van der Waals surface area (Å²) in [5.74, 6) is -0.115. The first kappa shape index (κ1) is 21.0. The molecule has 1 aliphatic rings. The molecule has 2 aromatic rings. The lowest BCUT2D eigenvalue weighted by molar-refractivity contribution is -0.122. The number of benzene rings is 2. The van der Waals surface area contributed by atoms with E-state index in [0.717, 1.165) is 4.47 Å². The van der Waals surface area contributed by atoms with E-state index in [2.05, 4.69) is 21.2 Å². The molecule has 0 aromatic heterocycles. The second-order valence-corrected chi connectivity index (χ2v) is 7.79. The number of carbonyl (C=O) groups is 2. The van der Waals surface area contributed by atoms with Gasteiger partial charge in [-0.3, -0.25) is 19.8 Å². The minimum absolute atomic E-state index is 0.0274. The van der Waals surface area contributed by atoms with E-state index in [-0.39, 0.29) is 16.8 Å². The van der Waals surface area contributed by atoms with Crippen LogP contribution in [0.25, 0.3) is 6.08 Å². The Hall–Kier alpha value is -2.71. The molecule has 0 bridgehead atoms. The van der Waals surface area contributed by atoms with Crippen LogP contribution in [-0.4, -0.2) is 30.1 Å². The number of ether oxygens (including phenoxy) is 2. The second kappa shape index (κ2) is 8.75. The van der Waals surface area contributed by atoms with E-state index in [4.69, 9.17) is 21.7 Å². The molecule has 8 heteroatoms. The number of halogens is 1. The molecule has 0 saturated carbocycles. The largest absolute Gasteiger partial charge is 0.493 e. The fourth-order valence-corrected chi connectivity index (χ4v) is 3.50. The van der Waals surface area contributed by atoms with Crippen molar-refractivity contribution in [3.05, 3.63) is 58.1 Å². The Bertz CT molecular complexity index is 1020. The molecule has 1 saturated heterocycles. The first-order valence-electron chi connectivity index (χ1n) is 8.82. The van der Waals surface area contributed by atoms with Gasteiger partial charge >= 0.3 is 0 Å². The molecule has 1 heterocycles. The summed E-state index contributed by atoms with van der Waals surface area (Å²) in [5.41, 5.74) is 1.04. The molecule has 0 atom stereocenters. The molecule has 29 heavy (non-hydrogen) atoms. The van der Waals surface area contributed by atoms with Crippen LogP contribution in [0, 0.1) is 0 Å². The maximum absolute atomic E-state index is 13.2. The van der Waals surface area contributed by atoms with Crippen LogP contribution in [0.15, 0.2) is 52.5 Å². The fraction of sp³-hybridized carbons (Fsp3) is 0.190. The molecular weight excluding hydrogens is 456 g/mol. The molecule has 2 amide bonds. The lowest BCUT2D eigenvalue weighted by Crippen LogP contribution is -2.54. The second-order valence-electron chi connectivity index (χ2n) is 6.48. The van der Waals surface area contributed by atoms with Gasteiger partial charge in [-0.15, -0.1) is 0 Å². The van der Waals surface area contributed by atoms with Crippen LogP contribution in [0.5, 0.6) is 11.5 Å². The van der Waals surface area contributed by atoms with Crippen molar-refractivity contribution in [1.82, 2.24) is 5.32 Å². The normalized spacial score (nSPS) is 15.7. The maximum Gasteiger partial charge on any atom is 0.270 e. The first-order valence-corrected chi connectivity index (χ1v) is 10.0. The van der Waals surface area contributed by atoms with Gasteiger partial charge in [0.2, 0.25) is 0 Å². The standard InChI is InChI=1S/C21H19BrN2O4S/c1-12(2)28-18-13(6-4-9-17(18)27-3)10-16-19(25)23-21(29)24(20(16)26)15-8-5-7-14(22)11-15/h4-12H,1-3H3,(H,23,25,29)/b16-10+. The number of nitrogens with one attached hydrogen (secondary N) is 1. The zero-order valence-corrected chi connectivity index (χ0v) is 18.5. The monoisotopic (exact) mass is 474 g/mol. The summed E-state index contributed by atoms with van der Waals surface area (Å²) >= 11 is 8.62. The van der Waals surface area contributed by atoms with Crippen molar-refractivity contribution in [1.29, 1.82) is 0 Å². The zero-order valence-electron chi connectivity index (χ0n) is 16.1. The summed E-state index contributed by atoms with van der Waals surface area (Å²) in [6.45, 7) is 3.77. The van der Waals surface area contributed by atoms with Gasteiger partial charge in [0.1, 0.15) is 5.57 Å². The number of hydrogen-bond acceptors (Lipinski definition) is 5. The molecule has 1 aliphatic heterocycles. The number of methoxy groups -OCH3 is 1. The molecule has 3 rings (SSSR count).